The maximum atomic E-state index is 12.2. The van der Waals surface area contributed by atoms with Gasteiger partial charge in [-0.1, -0.05) is 23.9 Å². The summed E-state index contributed by atoms with van der Waals surface area (Å²) in [4.78, 5) is 17.1. The summed E-state index contributed by atoms with van der Waals surface area (Å²) in [5.41, 5.74) is 2.11. The summed E-state index contributed by atoms with van der Waals surface area (Å²) in [7, 11) is 2.76. The molecule has 0 radical (unpaired) electrons. The van der Waals surface area contributed by atoms with Gasteiger partial charge < -0.3 is 19.7 Å². The molecule has 0 amide bonds. The highest BCUT2D eigenvalue weighted by Gasteiger charge is 2.33. The molecule has 2 aromatic carbocycles. The van der Waals surface area contributed by atoms with Crippen molar-refractivity contribution in [2.45, 2.75) is 6.92 Å². The van der Waals surface area contributed by atoms with Gasteiger partial charge >= 0.3 is 5.97 Å². The van der Waals surface area contributed by atoms with E-state index < -0.39 is 5.97 Å². The van der Waals surface area contributed by atoms with Crippen molar-refractivity contribution in [3.8, 4) is 11.5 Å². The number of aryl methyl sites for hydroxylation is 1. The second kappa shape index (κ2) is 8.22. The van der Waals surface area contributed by atoms with E-state index in [0.717, 1.165) is 17.3 Å². The summed E-state index contributed by atoms with van der Waals surface area (Å²) < 4.78 is 9.98. The number of rotatable bonds is 4. The van der Waals surface area contributed by atoms with E-state index in [1.807, 2.05) is 31.2 Å². The lowest BCUT2D eigenvalue weighted by atomic mass is 10.1. The maximum absolute atomic E-state index is 12.2. The molecule has 0 aliphatic carbocycles. The first-order valence-corrected chi connectivity index (χ1v) is 9.18. The number of nitrogens with zero attached hydrogens (tertiary/aromatic N) is 1. The van der Waals surface area contributed by atoms with Crippen LogP contribution in [0.4, 0.5) is 5.69 Å². The molecule has 0 bridgehead atoms. The summed E-state index contributed by atoms with van der Waals surface area (Å²) in [6.45, 7) is 1.94. The van der Waals surface area contributed by atoms with Crippen LogP contribution in [0.25, 0.3) is 6.08 Å². The average molecular weight is 397 g/mol. The number of methoxy groups -OCH3 is 2. The monoisotopic (exact) mass is 397 g/mol. The van der Waals surface area contributed by atoms with Crippen LogP contribution in [0, 0.1) is 6.92 Å². The van der Waals surface area contributed by atoms with Crippen molar-refractivity contribution < 1.29 is 24.5 Å². The second-order valence-corrected chi connectivity index (χ2v) is 7.04. The van der Waals surface area contributed by atoms with Gasteiger partial charge in [-0.05, 0) is 48.9 Å². The first-order valence-electron chi connectivity index (χ1n) is 8.37. The van der Waals surface area contributed by atoms with Crippen LogP contribution in [0.3, 0.4) is 0 Å². The fraction of sp³-hybridized carbons (Fsp3) is 0.143. The first-order chi connectivity index (χ1) is 13.4. The molecule has 0 aromatic heterocycles. The smallest absolute Gasteiger partial charge is 0.344 e. The number of aromatic hydroxyl groups is 1. The Kier molecular flexibility index (Phi) is 5.75. The Morgan fingerprint density at radius 1 is 1.14 bits per heavy atom. The van der Waals surface area contributed by atoms with Crippen LogP contribution >= 0.6 is 11.8 Å². The lowest BCUT2D eigenvalue weighted by molar-refractivity contribution is -0.135. The van der Waals surface area contributed by atoms with Crippen LogP contribution in [0.1, 0.15) is 11.1 Å². The van der Waals surface area contributed by atoms with Crippen LogP contribution in [0.2, 0.25) is 0 Å². The van der Waals surface area contributed by atoms with Gasteiger partial charge in [0.2, 0.25) is 0 Å². The highest BCUT2D eigenvalue weighted by Crippen LogP contribution is 2.41. The quantitative estimate of drug-likeness (QED) is 0.738. The van der Waals surface area contributed by atoms with E-state index in [2.05, 4.69) is 4.99 Å². The van der Waals surface area contributed by atoms with Crippen LogP contribution in [0.5, 0.6) is 11.5 Å². The fourth-order valence-electron chi connectivity index (χ4n) is 2.62. The number of aliphatic hydroxyl groups is 1. The van der Waals surface area contributed by atoms with Crippen molar-refractivity contribution in [1.29, 1.82) is 0 Å². The Morgan fingerprint density at radius 2 is 1.93 bits per heavy atom. The molecule has 0 atom stereocenters. The Balaban J connectivity index is 2.08. The number of aliphatic hydroxyl groups excluding tert-OH is 1. The highest BCUT2D eigenvalue weighted by molar-refractivity contribution is 8.18. The Morgan fingerprint density at radius 3 is 2.61 bits per heavy atom. The standard InChI is InChI=1S/C21H19NO5S/c1-12-5-4-6-14(9-12)22-20-18(21(25)27-3)19(24)17(28-20)11-13-10-15(26-2)7-8-16(13)23/h4-11,23-24H,1-3H3. The summed E-state index contributed by atoms with van der Waals surface area (Å²) in [5.74, 6) is -0.358. The van der Waals surface area contributed by atoms with Crippen molar-refractivity contribution in [3.63, 3.8) is 0 Å². The minimum atomic E-state index is -0.685. The van der Waals surface area contributed by atoms with Gasteiger partial charge in [0.05, 0.1) is 24.8 Å². The predicted octanol–water partition coefficient (Wildman–Crippen LogP) is 4.51. The molecule has 6 nitrogen and oxygen atoms in total. The van der Waals surface area contributed by atoms with Gasteiger partial charge in [0.1, 0.15) is 27.9 Å². The first kappa shape index (κ1) is 19.6. The molecule has 0 spiro atoms. The Bertz CT molecular complexity index is 1020. The van der Waals surface area contributed by atoms with Crippen molar-refractivity contribution >= 4 is 34.5 Å². The number of thioether (sulfide) groups is 1. The van der Waals surface area contributed by atoms with Gasteiger partial charge in [0, 0.05) is 5.56 Å². The number of phenols is 1. The molecule has 7 heteroatoms. The van der Waals surface area contributed by atoms with Crippen molar-refractivity contribution in [3.05, 3.63) is 69.8 Å². The predicted molar refractivity (Wildman–Crippen MR) is 110 cm³/mol. The molecule has 1 aliphatic heterocycles. The zero-order valence-corrected chi connectivity index (χ0v) is 16.4. The van der Waals surface area contributed by atoms with Crippen LogP contribution in [-0.2, 0) is 9.53 Å². The number of aliphatic imine (C=N–C) groups is 1. The van der Waals surface area contributed by atoms with Gasteiger partial charge in [-0.2, -0.15) is 0 Å². The minimum absolute atomic E-state index is 0.0114. The molecule has 0 fully saturated rings. The minimum Gasteiger partial charge on any atom is -0.507 e. The molecule has 1 aliphatic rings. The van der Waals surface area contributed by atoms with E-state index in [4.69, 9.17) is 9.47 Å². The molecule has 1 heterocycles. The molecule has 144 valence electrons. The lowest BCUT2D eigenvalue weighted by Crippen LogP contribution is -2.10. The summed E-state index contributed by atoms with van der Waals surface area (Å²) in [5, 5.41) is 21.1. The summed E-state index contributed by atoms with van der Waals surface area (Å²) >= 11 is 1.12. The number of ether oxygens (including phenoxy) is 2. The normalized spacial score (nSPS) is 16.7. The Labute approximate surface area is 166 Å². The number of carbonyl (C=O) groups excluding carboxylic acids is 1. The SMILES string of the molecule is COC(=O)C1=C(O)C(=Cc2cc(OC)ccc2O)SC1=Nc1cccc(C)c1. The van der Waals surface area contributed by atoms with E-state index in [0.29, 0.717) is 26.9 Å². The molecule has 2 aromatic rings. The summed E-state index contributed by atoms with van der Waals surface area (Å²) in [6.07, 6.45) is 1.57. The molecule has 0 saturated carbocycles. The third-order valence-electron chi connectivity index (χ3n) is 4.03. The average Bonchev–Trinajstić information content (AvgIpc) is 2.98. The zero-order valence-electron chi connectivity index (χ0n) is 15.6. The van der Waals surface area contributed by atoms with Crippen molar-refractivity contribution in [1.82, 2.24) is 0 Å². The molecule has 3 rings (SSSR count). The topological polar surface area (TPSA) is 88.4 Å². The molecule has 0 saturated heterocycles. The van der Waals surface area contributed by atoms with E-state index >= 15 is 0 Å². The number of esters is 1. The van der Waals surface area contributed by atoms with Crippen LogP contribution in [-0.4, -0.2) is 35.4 Å². The number of carbonyl (C=O) groups is 1. The van der Waals surface area contributed by atoms with Crippen molar-refractivity contribution in [2.24, 2.45) is 4.99 Å². The molecule has 0 unspecified atom stereocenters. The molecule has 28 heavy (non-hydrogen) atoms. The molecule has 2 N–H and O–H groups in total. The van der Waals surface area contributed by atoms with Gasteiger partial charge in [-0.15, -0.1) is 0 Å². The van der Waals surface area contributed by atoms with Gasteiger partial charge in [0.25, 0.3) is 0 Å². The number of hydrogen-bond acceptors (Lipinski definition) is 7. The maximum Gasteiger partial charge on any atom is 0.344 e. The fourth-order valence-corrected chi connectivity index (χ4v) is 3.65. The van der Waals surface area contributed by atoms with Crippen molar-refractivity contribution in [2.75, 3.05) is 14.2 Å². The van der Waals surface area contributed by atoms with E-state index in [1.54, 1.807) is 18.2 Å². The molecular formula is C21H19NO5S. The van der Waals surface area contributed by atoms with E-state index in [1.165, 1.54) is 20.3 Å². The lowest BCUT2D eigenvalue weighted by Gasteiger charge is -2.04. The van der Waals surface area contributed by atoms with E-state index in [9.17, 15) is 15.0 Å². The second-order valence-electron chi connectivity index (χ2n) is 6.01. The number of benzene rings is 2. The largest absolute Gasteiger partial charge is 0.507 e. The summed E-state index contributed by atoms with van der Waals surface area (Å²) in [6, 6.07) is 12.2. The zero-order chi connectivity index (χ0) is 20.3. The third-order valence-corrected chi connectivity index (χ3v) is 5.05. The van der Waals surface area contributed by atoms with Crippen LogP contribution in [0.15, 0.2) is 63.7 Å². The number of phenolic OH excluding ortho intramolecular Hbond substituents is 1. The van der Waals surface area contributed by atoms with Gasteiger partial charge in [-0.25, -0.2) is 9.79 Å². The third kappa shape index (κ3) is 4.04. The van der Waals surface area contributed by atoms with Gasteiger partial charge in [0.15, 0.2) is 0 Å². The Hall–Kier alpha value is -3.19. The van der Waals surface area contributed by atoms with Gasteiger partial charge in [-0.3, -0.25) is 0 Å². The molecular weight excluding hydrogens is 378 g/mol. The number of hydrogen-bond donors (Lipinski definition) is 2. The van der Waals surface area contributed by atoms with Crippen LogP contribution < -0.4 is 4.74 Å². The highest BCUT2D eigenvalue weighted by atomic mass is 32.2. The van der Waals surface area contributed by atoms with E-state index in [-0.39, 0.29) is 17.1 Å².